The third kappa shape index (κ3) is 2.46. The van der Waals surface area contributed by atoms with Gasteiger partial charge in [-0.1, -0.05) is 25.5 Å². The molecule has 0 bridgehead atoms. The van der Waals surface area contributed by atoms with Crippen LogP contribution in [-0.4, -0.2) is 17.9 Å². The van der Waals surface area contributed by atoms with Gasteiger partial charge in [0.1, 0.15) is 6.10 Å². The minimum absolute atomic E-state index is 0.00450. The van der Waals surface area contributed by atoms with Crippen molar-refractivity contribution in [3.05, 3.63) is 24.3 Å². The van der Waals surface area contributed by atoms with Crippen LogP contribution in [0.15, 0.2) is 24.3 Å². The topological polar surface area (TPSA) is 43.4 Å². The van der Waals surface area contributed by atoms with E-state index in [9.17, 15) is 9.59 Å². The van der Waals surface area contributed by atoms with Gasteiger partial charge >= 0.3 is 5.97 Å². The summed E-state index contributed by atoms with van der Waals surface area (Å²) in [5.41, 5.74) is 1.50. The van der Waals surface area contributed by atoms with E-state index in [1.165, 1.54) is 25.3 Å². The molecule has 0 amide bonds. The Morgan fingerprint density at radius 1 is 1.27 bits per heavy atom. The number of ether oxygens (including phenoxy) is 1. The van der Waals surface area contributed by atoms with E-state index in [-0.39, 0.29) is 28.7 Å². The van der Waals surface area contributed by atoms with Crippen LogP contribution in [0.25, 0.3) is 0 Å². The van der Waals surface area contributed by atoms with Crippen molar-refractivity contribution in [2.45, 2.75) is 71.8 Å². The van der Waals surface area contributed by atoms with Gasteiger partial charge in [-0.3, -0.25) is 9.59 Å². The molecule has 0 saturated heterocycles. The van der Waals surface area contributed by atoms with Gasteiger partial charge in [-0.25, -0.2) is 0 Å². The van der Waals surface area contributed by atoms with Crippen molar-refractivity contribution in [2.75, 3.05) is 0 Å². The molecule has 0 N–H and O–H groups in total. The average Bonchev–Trinajstić information content (AvgIpc) is 2.90. The largest absolute Gasteiger partial charge is 0.462 e. The molecule has 0 spiro atoms. The van der Waals surface area contributed by atoms with Crippen LogP contribution in [0.5, 0.6) is 0 Å². The Morgan fingerprint density at radius 3 is 2.73 bits per heavy atom. The molecule has 4 rings (SSSR count). The highest BCUT2D eigenvalue weighted by molar-refractivity contribution is 5.91. The van der Waals surface area contributed by atoms with Crippen molar-refractivity contribution in [1.82, 2.24) is 0 Å². The van der Waals surface area contributed by atoms with E-state index < -0.39 is 0 Å². The first kappa shape index (κ1) is 18.0. The fourth-order valence-electron chi connectivity index (χ4n) is 7.40. The molecule has 0 aromatic rings. The highest BCUT2D eigenvalue weighted by Gasteiger charge is 2.62. The summed E-state index contributed by atoms with van der Waals surface area (Å²) in [6.07, 6.45) is 11.1. The van der Waals surface area contributed by atoms with Crippen LogP contribution in [0.1, 0.15) is 65.7 Å². The second-order valence-corrected chi connectivity index (χ2v) is 9.67. The van der Waals surface area contributed by atoms with E-state index in [0.29, 0.717) is 30.1 Å². The first-order chi connectivity index (χ1) is 12.3. The molecule has 3 saturated carbocycles. The molecular formula is C23H32O3. The van der Waals surface area contributed by atoms with Crippen molar-refractivity contribution in [3.63, 3.8) is 0 Å². The van der Waals surface area contributed by atoms with E-state index in [2.05, 4.69) is 26.5 Å². The molecule has 4 aliphatic carbocycles. The summed E-state index contributed by atoms with van der Waals surface area (Å²) in [5, 5.41) is 0. The van der Waals surface area contributed by atoms with Crippen LogP contribution in [0.4, 0.5) is 0 Å². The number of carbonyl (C=O) groups excluding carboxylic acids is 2. The second kappa shape index (κ2) is 6.07. The van der Waals surface area contributed by atoms with Crippen molar-refractivity contribution >= 4 is 11.8 Å². The summed E-state index contributed by atoms with van der Waals surface area (Å²) in [5.74, 6) is 2.23. The molecule has 0 heterocycles. The highest BCUT2D eigenvalue weighted by Crippen LogP contribution is 2.67. The Bertz CT molecular complexity index is 677. The Kier molecular flexibility index (Phi) is 4.20. The predicted molar refractivity (Wildman–Crippen MR) is 101 cm³/mol. The summed E-state index contributed by atoms with van der Waals surface area (Å²) in [6, 6.07) is 0. The van der Waals surface area contributed by atoms with E-state index in [1.807, 2.05) is 6.08 Å². The average molecular weight is 357 g/mol. The van der Waals surface area contributed by atoms with Crippen LogP contribution >= 0.6 is 0 Å². The molecule has 0 aromatic heterocycles. The lowest BCUT2D eigenvalue weighted by Gasteiger charge is -2.60. The molecule has 142 valence electrons. The highest BCUT2D eigenvalue weighted by atomic mass is 16.5. The lowest BCUT2D eigenvalue weighted by molar-refractivity contribution is -0.174. The number of hydrogen-bond acceptors (Lipinski definition) is 3. The number of hydrogen-bond donors (Lipinski definition) is 0. The molecule has 3 heteroatoms. The number of carbonyl (C=O) groups is 2. The van der Waals surface area contributed by atoms with Crippen molar-refractivity contribution in [2.24, 2.45) is 34.5 Å². The summed E-state index contributed by atoms with van der Waals surface area (Å²) in [6.45, 7) is 10.4. The third-order valence-electron chi connectivity index (χ3n) is 8.55. The van der Waals surface area contributed by atoms with Crippen LogP contribution in [0, 0.1) is 34.5 Å². The SMILES string of the molecule is C=C[C@H]1CC[C@@H]2[C@H]3CCC4=CC(=O)CC[C@]4(C)[C@@H]3[C@H](OC(C)=O)C[C@@]21C. The Balaban J connectivity index is 1.77. The van der Waals surface area contributed by atoms with Gasteiger partial charge in [0.15, 0.2) is 5.78 Å². The Labute approximate surface area is 157 Å². The van der Waals surface area contributed by atoms with E-state index in [1.54, 1.807) is 0 Å². The number of rotatable bonds is 2. The summed E-state index contributed by atoms with van der Waals surface area (Å²) in [4.78, 5) is 24.0. The molecule has 4 aliphatic rings. The zero-order chi connectivity index (χ0) is 18.7. The Morgan fingerprint density at radius 2 is 2.04 bits per heavy atom. The second-order valence-electron chi connectivity index (χ2n) is 9.67. The first-order valence-electron chi connectivity index (χ1n) is 10.3. The molecule has 0 radical (unpaired) electrons. The number of esters is 1. The first-order valence-corrected chi connectivity index (χ1v) is 10.3. The smallest absolute Gasteiger partial charge is 0.302 e. The van der Waals surface area contributed by atoms with Gasteiger partial charge in [-0.05, 0) is 73.2 Å². The van der Waals surface area contributed by atoms with Gasteiger partial charge in [-0.2, -0.15) is 0 Å². The quantitative estimate of drug-likeness (QED) is 0.524. The predicted octanol–water partition coefficient (Wildman–Crippen LogP) is 4.86. The number of fused-ring (bicyclic) bond motifs is 5. The molecule has 3 fully saturated rings. The third-order valence-corrected chi connectivity index (χ3v) is 8.55. The standard InChI is InChI=1S/C23H32O3/c1-5-15-7-9-19-18-8-6-16-12-17(25)10-11-22(16,3)21(18)20(26-14(2)24)13-23(15,19)4/h5,12,15,18-21H,1,6-11,13H2,2-4H3/t15-,18+,19+,20+,21-,22-,23+/m0/s1. The fourth-order valence-corrected chi connectivity index (χ4v) is 7.40. The molecule has 0 unspecified atom stereocenters. The lowest BCUT2D eigenvalue weighted by atomic mass is 9.46. The Hall–Kier alpha value is -1.38. The van der Waals surface area contributed by atoms with Crippen molar-refractivity contribution in [3.8, 4) is 0 Å². The van der Waals surface area contributed by atoms with Gasteiger partial charge in [0.2, 0.25) is 0 Å². The normalized spacial score (nSPS) is 47.3. The van der Waals surface area contributed by atoms with E-state index >= 15 is 0 Å². The molecule has 0 aliphatic heterocycles. The lowest BCUT2D eigenvalue weighted by Crippen LogP contribution is -2.57. The maximum atomic E-state index is 12.0. The van der Waals surface area contributed by atoms with Crippen molar-refractivity contribution < 1.29 is 14.3 Å². The zero-order valence-corrected chi connectivity index (χ0v) is 16.4. The molecule has 26 heavy (non-hydrogen) atoms. The number of ketones is 1. The summed E-state index contributed by atoms with van der Waals surface area (Å²) >= 11 is 0. The van der Waals surface area contributed by atoms with Crippen molar-refractivity contribution in [1.29, 1.82) is 0 Å². The summed E-state index contributed by atoms with van der Waals surface area (Å²) in [7, 11) is 0. The monoisotopic (exact) mass is 356 g/mol. The maximum Gasteiger partial charge on any atom is 0.302 e. The van der Waals surface area contributed by atoms with Crippen LogP contribution < -0.4 is 0 Å². The maximum absolute atomic E-state index is 12.0. The number of allylic oxidation sites excluding steroid dienone is 2. The minimum Gasteiger partial charge on any atom is -0.462 e. The molecule has 0 aromatic carbocycles. The van der Waals surface area contributed by atoms with Crippen LogP contribution in [0.3, 0.4) is 0 Å². The summed E-state index contributed by atoms with van der Waals surface area (Å²) < 4.78 is 5.98. The fraction of sp³-hybridized carbons (Fsp3) is 0.739. The molecule has 7 atom stereocenters. The molecular weight excluding hydrogens is 324 g/mol. The zero-order valence-electron chi connectivity index (χ0n) is 16.4. The van der Waals surface area contributed by atoms with E-state index in [0.717, 1.165) is 25.7 Å². The van der Waals surface area contributed by atoms with Gasteiger partial charge < -0.3 is 4.74 Å². The van der Waals surface area contributed by atoms with Crippen LogP contribution in [0.2, 0.25) is 0 Å². The van der Waals surface area contributed by atoms with Gasteiger partial charge in [0.05, 0.1) is 0 Å². The van der Waals surface area contributed by atoms with E-state index in [4.69, 9.17) is 4.74 Å². The van der Waals surface area contributed by atoms with Crippen LogP contribution in [-0.2, 0) is 14.3 Å². The van der Waals surface area contributed by atoms with Gasteiger partial charge in [0, 0.05) is 19.3 Å². The minimum atomic E-state index is -0.171. The van der Waals surface area contributed by atoms with Gasteiger partial charge in [-0.15, -0.1) is 6.58 Å². The van der Waals surface area contributed by atoms with Gasteiger partial charge in [0.25, 0.3) is 0 Å². The molecule has 3 nitrogen and oxygen atoms in total.